The van der Waals surface area contributed by atoms with Gasteiger partial charge in [0.25, 0.3) is 0 Å². The van der Waals surface area contributed by atoms with Crippen LogP contribution < -0.4 is 10.6 Å². The van der Waals surface area contributed by atoms with Crippen molar-refractivity contribution in [1.29, 1.82) is 0 Å². The van der Waals surface area contributed by atoms with E-state index in [4.69, 9.17) is 0 Å². The van der Waals surface area contributed by atoms with E-state index in [1.807, 2.05) is 11.8 Å². The molecule has 2 N–H and O–H groups in total. The second-order valence-corrected chi connectivity index (χ2v) is 4.55. The predicted molar refractivity (Wildman–Crippen MR) is 68.4 cm³/mol. The lowest BCUT2D eigenvalue weighted by Gasteiger charge is -2.14. The molecule has 0 aromatic heterocycles. The first-order valence-electron chi connectivity index (χ1n) is 6.44. The maximum atomic E-state index is 11.6. The molecular weight excluding hydrogens is 250 g/mol. The first kappa shape index (κ1) is 15.4. The maximum absolute atomic E-state index is 11.6. The van der Waals surface area contributed by atoms with Crippen molar-refractivity contribution >= 4 is 17.9 Å². The largest absolute Gasteiger partial charge is 0.469 e. The highest BCUT2D eigenvalue weighted by Crippen LogP contribution is 2.16. The quantitative estimate of drug-likeness (QED) is 0.671. The second kappa shape index (κ2) is 7.73. The zero-order valence-corrected chi connectivity index (χ0v) is 11.4. The molecule has 0 spiro atoms. The smallest absolute Gasteiger partial charge is 0.321 e. The highest BCUT2D eigenvalue weighted by Gasteiger charge is 2.29. The molecule has 1 heterocycles. The molecule has 7 nitrogen and oxygen atoms in total. The monoisotopic (exact) mass is 271 g/mol. The minimum Gasteiger partial charge on any atom is -0.469 e. The molecule has 3 amide bonds. The molecule has 1 unspecified atom stereocenters. The first-order chi connectivity index (χ1) is 9.06. The molecule has 1 fully saturated rings. The number of esters is 1. The van der Waals surface area contributed by atoms with Gasteiger partial charge in [-0.1, -0.05) is 6.92 Å². The summed E-state index contributed by atoms with van der Waals surface area (Å²) in [4.78, 5) is 36.0. The summed E-state index contributed by atoms with van der Waals surface area (Å²) in [5.41, 5.74) is 0. The number of hydrogen-bond donors (Lipinski definition) is 2. The third-order valence-corrected chi connectivity index (χ3v) is 2.96. The number of nitrogens with one attached hydrogen (secondary N) is 2. The van der Waals surface area contributed by atoms with Crippen molar-refractivity contribution in [2.24, 2.45) is 5.92 Å². The second-order valence-electron chi connectivity index (χ2n) is 4.55. The molecule has 7 heteroatoms. The normalized spacial score (nSPS) is 18.9. The van der Waals surface area contributed by atoms with Gasteiger partial charge in [0.15, 0.2) is 0 Å². The van der Waals surface area contributed by atoms with Crippen LogP contribution in [0.2, 0.25) is 0 Å². The van der Waals surface area contributed by atoms with Crippen LogP contribution in [0.25, 0.3) is 0 Å². The van der Waals surface area contributed by atoms with Crippen molar-refractivity contribution in [1.82, 2.24) is 15.5 Å². The van der Waals surface area contributed by atoms with Gasteiger partial charge in [0.2, 0.25) is 5.91 Å². The number of methoxy groups -OCH3 is 1. The fourth-order valence-corrected chi connectivity index (χ4v) is 1.99. The van der Waals surface area contributed by atoms with E-state index in [0.717, 1.165) is 6.42 Å². The topological polar surface area (TPSA) is 87.7 Å². The van der Waals surface area contributed by atoms with Gasteiger partial charge >= 0.3 is 12.0 Å². The van der Waals surface area contributed by atoms with Gasteiger partial charge in [-0.3, -0.25) is 19.8 Å². The van der Waals surface area contributed by atoms with Gasteiger partial charge < -0.3 is 10.1 Å². The number of imide groups is 1. The average molecular weight is 271 g/mol. The first-order valence-corrected chi connectivity index (χ1v) is 6.44. The predicted octanol–water partition coefficient (Wildman–Crippen LogP) is -0.283. The number of carbonyl (C=O) groups excluding carboxylic acids is 3. The Labute approximate surface area is 112 Å². The van der Waals surface area contributed by atoms with Crippen LogP contribution in [0, 0.1) is 5.92 Å². The molecule has 1 rings (SSSR count). The molecule has 19 heavy (non-hydrogen) atoms. The summed E-state index contributed by atoms with van der Waals surface area (Å²) in [6, 6.07) is -0.476. The summed E-state index contributed by atoms with van der Waals surface area (Å²) in [6.45, 7) is 3.74. The van der Waals surface area contributed by atoms with Crippen LogP contribution >= 0.6 is 0 Å². The van der Waals surface area contributed by atoms with Crippen molar-refractivity contribution in [2.75, 3.05) is 33.3 Å². The molecule has 108 valence electrons. The lowest BCUT2D eigenvalue weighted by Crippen LogP contribution is -2.44. The zero-order chi connectivity index (χ0) is 14.3. The van der Waals surface area contributed by atoms with Crippen LogP contribution in [-0.4, -0.2) is 56.1 Å². The SMILES string of the molecule is CCCNC(=O)NC(=O)CN1CCC(C(=O)OC)C1. The van der Waals surface area contributed by atoms with Crippen LogP contribution in [0.15, 0.2) is 0 Å². The molecule has 0 bridgehead atoms. The Balaban J connectivity index is 2.26. The Kier molecular flexibility index (Phi) is 6.27. The Morgan fingerprint density at radius 2 is 2.11 bits per heavy atom. The van der Waals surface area contributed by atoms with Crippen molar-refractivity contribution in [3.63, 3.8) is 0 Å². The van der Waals surface area contributed by atoms with Gasteiger partial charge in [-0.2, -0.15) is 0 Å². The molecule has 0 aromatic carbocycles. The highest BCUT2D eigenvalue weighted by atomic mass is 16.5. The minimum atomic E-state index is -0.476. The molecular formula is C12H21N3O4. The van der Waals surface area contributed by atoms with E-state index in [-0.39, 0.29) is 24.3 Å². The lowest BCUT2D eigenvalue weighted by atomic mass is 10.1. The third-order valence-electron chi connectivity index (χ3n) is 2.96. The molecule has 1 aliphatic heterocycles. The van der Waals surface area contributed by atoms with E-state index in [1.54, 1.807) is 0 Å². The number of nitrogens with zero attached hydrogens (tertiary/aromatic N) is 1. The molecule has 0 aromatic rings. The van der Waals surface area contributed by atoms with Gasteiger partial charge in [0.1, 0.15) is 0 Å². The summed E-state index contributed by atoms with van der Waals surface area (Å²) < 4.78 is 4.67. The Morgan fingerprint density at radius 1 is 1.37 bits per heavy atom. The van der Waals surface area contributed by atoms with Crippen LogP contribution in [0.5, 0.6) is 0 Å². The summed E-state index contributed by atoms with van der Waals surface area (Å²) in [5, 5.41) is 4.81. The van der Waals surface area contributed by atoms with E-state index in [1.165, 1.54) is 7.11 Å². The standard InChI is InChI=1S/C12H21N3O4/c1-3-5-13-12(18)14-10(16)8-15-6-4-9(7-15)11(17)19-2/h9H,3-8H2,1-2H3,(H2,13,14,16,18). The van der Waals surface area contributed by atoms with Crippen LogP contribution in [0.3, 0.4) is 0 Å². The summed E-state index contributed by atoms with van der Waals surface area (Å²) in [6.07, 6.45) is 1.50. The van der Waals surface area contributed by atoms with E-state index in [9.17, 15) is 14.4 Å². The summed E-state index contributed by atoms with van der Waals surface area (Å²) in [7, 11) is 1.36. The molecule has 0 saturated carbocycles. The maximum Gasteiger partial charge on any atom is 0.321 e. The van der Waals surface area contributed by atoms with Crippen molar-refractivity contribution in [3.8, 4) is 0 Å². The number of hydrogen-bond acceptors (Lipinski definition) is 5. The lowest BCUT2D eigenvalue weighted by molar-refractivity contribution is -0.145. The summed E-state index contributed by atoms with van der Waals surface area (Å²) >= 11 is 0. The zero-order valence-electron chi connectivity index (χ0n) is 11.4. The molecule has 1 atom stereocenters. The molecule has 1 saturated heterocycles. The van der Waals surface area contributed by atoms with Gasteiger partial charge in [0, 0.05) is 13.1 Å². The van der Waals surface area contributed by atoms with E-state index in [2.05, 4.69) is 15.4 Å². The van der Waals surface area contributed by atoms with Crippen molar-refractivity contribution in [3.05, 3.63) is 0 Å². The average Bonchev–Trinajstić information content (AvgIpc) is 2.83. The van der Waals surface area contributed by atoms with Crippen LogP contribution in [0.4, 0.5) is 4.79 Å². The third kappa shape index (κ3) is 5.25. The number of carbonyl (C=O) groups is 3. The fraction of sp³-hybridized carbons (Fsp3) is 0.750. The number of amides is 3. The van der Waals surface area contributed by atoms with Crippen molar-refractivity contribution in [2.45, 2.75) is 19.8 Å². The van der Waals surface area contributed by atoms with Gasteiger partial charge in [-0.05, 0) is 19.4 Å². The highest BCUT2D eigenvalue weighted by molar-refractivity contribution is 5.95. The summed E-state index contributed by atoms with van der Waals surface area (Å²) in [5.74, 6) is -0.783. The number of rotatable bonds is 5. The number of urea groups is 1. The van der Waals surface area contributed by atoms with Gasteiger partial charge in [-0.15, -0.1) is 0 Å². The molecule has 1 aliphatic rings. The van der Waals surface area contributed by atoms with E-state index < -0.39 is 6.03 Å². The Bertz CT molecular complexity index is 346. The molecule has 0 radical (unpaired) electrons. The fourth-order valence-electron chi connectivity index (χ4n) is 1.99. The molecule has 0 aliphatic carbocycles. The van der Waals surface area contributed by atoms with Crippen LogP contribution in [0.1, 0.15) is 19.8 Å². The van der Waals surface area contributed by atoms with Gasteiger partial charge in [0.05, 0.1) is 19.6 Å². The van der Waals surface area contributed by atoms with E-state index >= 15 is 0 Å². The van der Waals surface area contributed by atoms with Crippen LogP contribution in [-0.2, 0) is 14.3 Å². The van der Waals surface area contributed by atoms with Gasteiger partial charge in [-0.25, -0.2) is 4.79 Å². The Morgan fingerprint density at radius 3 is 2.74 bits per heavy atom. The van der Waals surface area contributed by atoms with E-state index in [0.29, 0.717) is 26.1 Å². The number of ether oxygens (including phenoxy) is 1. The minimum absolute atomic E-state index is 0.118. The van der Waals surface area contributed by atoms with Crippen molar-refractivity contribution < 1.29 is 19.1 Å². The number of likely N-dealkylation sites (tertiary alicyclic amines) is 1. The Hall–Kier alpha value is -1.63.